The molecule has 5 heteroatoms. The number of hydrogen-bond donors (Lipinski definition) is 3. The summed E-state index contributed by atoms with van der Waals surface area (Å²) in [5, 5.41) is 22.8. The highest BCUT2D eigenvalue weighted by molar-refractivity contribution is 7.12. The zero-order valence-corrected chi connectivity index (χ0v) is 10.1. The van der Waals surface area contributed by atoms with Crippen molar-refractivity contribution in [2.45, 2.75) is 32.4 Å². The molecule has 90 valence electrons. The van der Waals surface area contributed by atoms with Gasteiger partial charge in [-0.1, -0.05) is 6.92 Å². The van der Waals surface area contributed by atoms with Gasteiger partial charge in [0, 0.05) is 19.2 Å². The number of nitrogens with one attached hydrogen (secondary N) is 1. The van der Waals surface area contributed by atoms with Crippen molar-refractivity contribution in [2.75, 3.05) is 6.61 Å². The average Bonchev–Trinajstić information content (AvgIpc) is 2.72. The first kappa shape index (κ1) is 13.2. The Balaban J connectivity index is 2.53. The van der Waals surface area contributed by atoms with Crippen LogP contribution in [0.2, 0.25) is 0 Å². The Bertz CT molecular complexity index is 338. The molecule has 0 saturated heterocycles. The van der Waals surface area contributed by atoms with Crippen LogP contribution in [0.1, 0.15) is 35.0 Å². The highest BCUT2D eigenvalue weighted by Crippen LogP contribution is 2.16. The van der Waals surface area contributed by atoms with Crippen LogP contribution in [0.5, 0.6) is 0 Å². The summed E-state index contributed by atoms with van der Waals surface area (Å²) < 4.78 is 0. The summed E-state index contributed by atoms with van der Waals surface area (Å²) in [6, 6.07) is 2.07. The van der Waals surface area contributed by atoms with Crippen molar-refractivity contribution < 1.29 is 15.0 Å². The molecule has 0 spiro atoms. The molecule has 0 aliphatic heterocycles. The SMILES string of the molecule is CCC(CCO)NCc1ccsc1C(=O)O. The minimum Gasteiger partial charge on any atom is -0.477 e. The topological polar surface area (TPSA) is 69.6 Å². The van der Waals surface area contributed by atoms with Gasteiger partial charge in [0.05, 0.1) is 0 Å². The summed E-state index contributed by atoms with van der Waals surface area (Å²) in [6.07, 6.45) is 1.62. The molecule has 1 aromatic rings. The number of hydrogen-bond acceptors (Lipinski definition) is 4. The fourth-order valence-electron chi connectivity index (χ4n) is 1.52. The van der Waals surface area contributed by atoms with Gasteiger partial charge in [0.1, 0.15) is 4.88 Å². The Morgan fingerprint density at radius 3 is 2.94 bits per heavy atom. The first-order valence-corrected chi connectivity index (χ1v) is 6.20. The summed E-state index contributed by atoms with van der Waals surface area (Å²) in [4.78, 5) is 11.3. The number of aliphatic hydroxyl groups excluding tert-OH is 1. The summed E-state index contributed by atoms with van der Waals surface area (Å²) in [5.41, 5.74) is 0.814. The van der Waals surface area contributed by atoms with Crippen LogP contribution in [0.3, 0.4) is 0 Å². The lowest BCUT2D eigenvalue weighted by molar-refractivity contribution is 0.0701. The highest BCUT2D eigenvalue weighted by Gasteiger charge is 2.12. The van der Waals surface area contributed by atoms with E-state index in [0.717, 1.165) is 12.0 Å². The van der Waals surface area contributed by atoms with E-state index in [0.29, 0.717) is 17.8 Å². The van der Waals surface area contributed by atoms with Gasteiger partial charge < -0.3 is 15.5 Å². The lowest BCUT2D eigenvalue weighted by atomic mass is 10.1. The maximum Gasteiger partial charge on any atom is 0.346 e. The van der Waals surface area contributed by atoms with Crippen LogP contribution < -0.4 is 5.32 Å². The fraction of sp³-hybridized carbons (Fsp3) is 0.545. The maximum absolute atomic E-state index is 10.9. The maximum atomic E-state index is 10.9. The normalized spacial score (nSPS) is 12.6. The first-order chi connectivity index (χ1) is 7.69. The van der Waals surface area contributed by atoms with Crippen LogP contribution in [0.4, 0.5) is 0 Å². The number of rotatable bonds is 7. The molecule has 1 aromatic heterocycles. The van der Waals surface area contributed by atoms with Gasteiger partial charge in [-0.15, -0.1) is 11.3 Å². The third-order valence-corrected chi connectivity index (χ3v) is 3.44. The minimum absolute atomic E-state index is 0.154. The number of carboxylic acids is 1. The van der Waals surface area contributed by atoms with E-state index < -0.39 is 5.97 Å². The van der Waals surface area contributed by atoms with E-state index in [4.69, 9.17) is 10.2 Å². The van der Waals surface area contributed by atoms with Crippen LogP contribution in [0.25, 0.3) is 0 Å². The average molecular weight is 243 g/mol. The summed E-state index contributed by atoms with van der Waals surface area (Å²) >= 11 is 1.24. The second-order valence-electron chi connectivity index (χ2n) is 3.58. The molecule has 0 aliphatic rings. The molecule has 0 bridgehead atoms. The standard InChI is InChI=1S/C11H17NO3S/c1-2-9(3-5-13)12-7-8-4-6-16-10(8)11(14)15/h4,6,9,12-13H,2-3,5,7H2,1H3,(H,14,15). The summed E-state index contributed by atoms with van der Waals surface area (Å²) in [7, 11) is 0. The van der Waals surface area contributed by atoms with Crippen molar-refractivity contribution in [3.63, 3.8) is 0 Å². The van der Waals surface area contributed by atoms with Gasteiger partial charge in [-0.05, 0) is 29.9 Å². The van der Waals surface area contributed by atoms with Gasteiger partial charge in [0.2, 0.25) is 0 Å². The molecular formula is C11H17NO3S. The van der Waals surface area contributed by atoms with Crippen molar-refractivity contribution in [3.05, 3.63) is 21.9 Å². The Morgan fingerprint density at radius 2 is 2.38 bits per heavy atom. The van der Waals surface area contributed by atoms with E-state index in [1.807, 2.05) is 13.0 Å². The number of carboxylic acid groups (broad SMARTS) is 1. The molecular weight excluding hydrogens is 226 g/mol. The van der Waals surface area contributed by atoms with Gasteiger partial charge in [0.15, 0.2) is 0 Å². The van der Waals surface area contributed by atoms with Crippen molar-refractivity contribution in [1.29, 1.82) is 0 Å². The molecule has 0 saturated carbocycles. The molecule has 0 fully saturated rings. The Hall–Kier alpha value is -0.910. The van der Waals surface area contributed by atoms with Gasteiger partial charge >= 0.3 is 5.97 Å². The van der Waals surface area contributed by atoms with E-state index in [9.17, 15) is 4.79 Å². The zero-order valence-electron chi connectivity index (χ0n) is 9.27. The Kier molecular flexibility index (Phi) is 5.45. The number of aliphatic hydroxyl groups is 1. The molecule has 0 amide bonds. The molecule has 1 heterocycles. The van der Waals surface area contributed by atoms with Crippen LogP contribution in [-0.4, -0.2) is 28.8 Å². The fourth-order valence-corrected chi connectivity index (χ4v) is 2.28. The molecule has 0 aromatic carbocycles. The second-order valence-corrected chi connectivity index (χ2v) is 4.49. The molecule has 1 atom stereocenters. The predicted molar refractivity (Wildman–Crippen MR) is 63.9 cm³/mol. The van der Waals surface area contributed by atoms with Crippen LogP contribution >= 0.6 is 11.3 Å². The third-order valence-electron chi connectivity index (χ3n) is 2.49. The summed E-state index contributed by atoms with van der Waals surface area (Å²) in [6.45, 7) is 2.74. The summed E-state index contributed by atoms with van der Waals surface area (Å²) in [5.74, 6) is -0.873. The molecule has 4 nitrogen and oxygen atoms in total. The van der Waals surface area contributed by atoms with E-state index >= 15 is 0 Å². The predicted octanol–water partition coefficient (Wildman–Crippen LogP) is 1.70. The molecule has 16 heavy (non-hydrogen) atoms. The van der Waals surface area contributed by atoms with E-state index in [2.05, 4.69) is 5.32 Å². The zero-order chi connectivity index (χ0) is 12.0. The van der Waals surface area contributed by atoms with Gasteiger partial charge in [-0.25, -0.2) is 4.79 Å². The lowest BCUT2D eigenvalue weighted by Crippen LogP contribution is -2.29. The quantitative estimate of drug-likeness (QED) is 0.681. The van der Waals surface area contributed by atoms with Gasteiger partial charge in [0.25, 0.3) is 0 Å². The van der Waals surface area contributed by atoms with Crippen molar-refractivity contribution in [3.8, 4) is 0 Å². The van der Waals surface area contributed by atoms with E-state index in [1.54, 1.807) is 5.38 Å². The first-order valence-electron chi connectivity index (χ1n) is 5.33. The smallest absolute Gasteiger partial charge is 0.346 e. The number of thiophene rings is 1. The van der Waals surface area contributed by atoms with Crippen LogP contribution in [0, 0.1) is 0 Å². The van der Waals surface area contributed by atoms with Crippen LogP contribution in [-0.2, 0) is 6.54 Å². The molecule has 0 radical (unpaired) electrons. The lowest BCUT2D eigenvalue weighted by Gasteiger charge is -2.15. The second kappa shape index (κ2) is 6.62. The van der Waals surface area contributed by atoms with Crippen molar-refractivity contribution >= 4 is 17.3 Å². The van der Waals surface area contributed by atoms with Gasteiger partial charge in [-0.2, -0.15) is 0 Å². The molecule has 0 aliphatic carbocycles. The van der Waals surface area contributed by atoms with E-state index in [-0.39, 0.29) is 12.6 Å². The van der Waals surface area contributed by atoms with Crippen molar-refractivity contribution in [2.24, 2.45) is 0 Å². The molecule has 3 N–H and O–H groups in total. The highest BCUT2D eigenvalue weighted by atomic mass is 32.1. The minimum atomic E-state index is -0.873. The largest absolute Gasteiger partial charge is 0.477 e. The van der Waals surface area contributed by atoms with Crippen molar-refractivity contribution in [1.82, 2.24) is 5.32 Å². The Labute approximate surface area is 98.9 Å². The monoisotopic (exact) mass is 243 g/mol. The van der Waals surface area contributed by atoms with Gasteiger partial charge in [-0.3, -0.25) is 0 Å². The third kappa shape index (κ3) is 3.59. The number of carbonyl (C=O) groups is 1. The molecule has 1 unspecified atom stereocenters. The van der Waals surface area contributed by atoms with E-state index in [1.165, 1.54) is 11.3 Å². The Morgan fingerprint density at radius 1 is 1.62 bits per heavy atom. The molecule has 1 rings (SSSR count). The van der Waals surface area contributed by atoms with Crippen LogP contribution in [0.15, 0.2) is 11.4 Å². The number of aromatic carboxylic acids is 1.